The number of primary amides is 1. The summed E-state index contributed by atoms with van der Waals surface area (Å²) in [5.41, 5.74) is 16.6. The van der Waals surface area contributed by atoms with E-state index in [1.807, 2.05) is 31.2 Å². The summed E-state index contributed by atoms with van der Waals surface area (Å²) in [5, 5.41) is 8.01. The van der Waals surface area contributed by atoms with Crippen molar-refractivity contribution in [1.82, 2.24) is 20.2 Å². The predicted molar refractivity (Wildman–Crippen MR) is 129 cm³/mol. The summed E-state index contributed by atoms with van der Waals surface area (Å²) in [6.45, 7) is 2.40. The first kappa shape index (κ1) is 21.8. The second-order valence-corrected chi connectivity index (χ2v) is 8.55. The summed E-state index contributed by atoms with van der Waals surface area (Å²) in [5.74, 6) is 0.285. The fraction of sp³-hybridized carbons (Fsp3) is 0.280. The van der Waals surface area contributed by atoms with Crippen LogP contribution in [0.2, 0.25) is 0 Å². The Morgan fingerprint density at radius 3 is 2.76 bits per heavy atom. The molecule has 0 bridgehead atoms. The number of ether oxygens (including phenoxy) is 2. The van der Waals surface area contributed by atoms with Crippen LogP contribution in [0.25, 0.3) is 33.4 Å². The van der Waals surface area contributed by atoms with Gasteiger partial charge in [0.25, 0.3) is 5.91 Å². The Morgan fingerprint density at radius 2 is 2.03 bits per heavy atom. The van der Waals surface area contributed by atoms with E-state index in [9.17, 15) is 4.79 Å². The Morgan fingerprint density at radius 1 is 1.21 bits per heavy atom. The van der Waals surface area contributed by atoms with E-state index in [1.165, 1.54) is 0 Å². The molecule has 1 aliphatic carbocycles. The zero-order chi connectivity index (χ0) is 23.8. The van der Waals surface area contributed by atoms with Crippen molar-refractivity contribution in [2.45, 2.75) is 25.9 Å². The first-order valence-corrected chi connectivity index (χ1v) is 11.1. The molecule has 1 atom stereocenters. The van der Waals surface area contributed by atoms with Crippen molar-refractivity contribution >= 4 is 22.5 Å². The van der Waals surface area contributed by atoms with Crippen LogP contribution in [0.3, 0.4) is 0 Å². The molecule has 9 nitrogen and oxygen atoms in total. The molecular weight excluding hydrogens is 432 g/mol. The van der Waals surface area contributed by atoms with Gasteiger partial charge in [-0.3, -0.25) is 9.89 Å². The number of rotatable bonds is 8. The lowest BCUT2D eigenvalue weighted by Crippen LogP contribution is -2.22. The van der Waals surface area contributed by atoms with Gasteiger partial charge in [-0.2, -0.15) is 5.10 Å². The van der Waals surface area contributed by atoms with Gasteiger partial charge < -0.3 is 20.9 Å². The summed E-state index contributed by atoms with van der Waals surface area (Å²) in [4.78, 5) is 21.3. The monoisotopic (exact) mass is 458 g/mol. The molecule has 1 aliphatic rings. The van der Waals surface area contributed by atoms with Gasteiger partial charge in [0, 0.05) is 24.1 Å². The molecule has 174 valence electrons. The third-order valence-corrected chi connectivity index (χ3v) is 6.23. The maximum absolute atomic E-state index is 12.2. The molecule has 1 unspecified atom stereocenters. The number of nitrogen functional groups attached to an aromatic ring is 1. The highest BCUT2D eigenvalue weighted by Crippen LogP contribution is 2.38. The molecule has 0 spiro atoms. The first-order chi connectivity index (χ1) is 16.5. The molecule has 0 radical (unpaired) electrons. The molecule has 0 saturated heterocycles. The van der Waals surface area contributed by atoms with Gasteiger partial charge in [0.2, 0.25) is 5.88 Å². The van der Waals surface area contributed by atoms with Gasteiger partial charge in [-0.05, 0) is 55.0 Å². The largest absolute Gasteiger partial charge is 0.475 e. The number of fused-ring (bicyclic) bond motifs is 1. The topological polar surface area (TPSA) is 142 Å². The highest BCUT2D eigenvalue weighted by Gasteiger charge is 2.31. The standard InChI is InChI=1S/C25H26N6O3/c1-13-6-9-17-16(11-28-31-17)22(13)15-10-19(30-24(23(15)26)25(27)32)18-4-3-5-21(29-18)34-12-20(33-2)14-7-8-14/h3-6,9-11,14,20H,7-8,12,26H2,1-2H3,(H2,27,32)(H,28,31). The molecule has 0 aliphatic heterocycles. The van der Waals surface area contributed by atoms with Crippen molar-refractivity contribution < 1.29 is 14.3 Å². The number of nitrogens with one attached hydrogen (secondary N) is 1. The van der Waals surface area contributed by atoms with Crippen LogP contribution in [0.5, 0.6) is 5.88 Å². The lowest BCUT2D eigenvalue weighted by Gasteiger charge is -2.16. The summed E-state index contributed by atoms with van der Waals surface area (Å²) in [6, 6.07) is 11.2. The van der Waals surface area contributed by atoms with Gasteiger partial charge in [0.15, 0.2) is 5.69 Å². The summed E-state index contributed by atoms with van der Waals surface area (Å²) in [6.07, 6.45) is 4.10. The van der Waals surface area contributed by atoms with Gasteiger partial charge in [0.1, 0.15) is 6.61 Å². The highest BCUT2D eigenvalue weighted by molar-refractivity contribution is 6.05. The van der Waals surface area contributed by atoms with E-state index >= 15 is 0 Å². The van der Waals surface area contributed by atoms with Gasteiger partial charge in [-0.1, -0.05) is 12.1 Å². The smallest absolute Gasteiger partial charge is 0.269 e. The van der Waals surface area contributed by atoms with Crippen molar-refractivity contribution in [1.29, 1.82) is 0 Å². The van der Waals surface area contributed by atoms with Crippen molar-refractivity contribution in [3.63, 3.8) is 0 Å². The summed E-state index contributed by atoms with van der Waals surface area (Å²) in [7, 11) is 1.70. The lowest BCUT2D eigenvalue weighted by molar-refractivity contribution is 0.0411. The van der Waals surface area contributed by atoms with Crippen molar-refractivity contribution in [3.05, 3.63) is 53.9 Å². The number of methoxy groups -OCH3 is 1. The minimum Gasteiger partial charge on any atom is -0.475 e. The van der Waals surface area contributed by atoms with Crippen molar-refractivity contribution in [3.8, 4) is 28.4 Å². The molecule has 9 heteroatoms. The molecule has 1 saturated carbocycles. The number of carbonyl (C=O) groups excluding carboxylic acids is 1. The van der Waals surface area contributed by atoms with E-state index in [-0.39, 0.29) is 17.5 Å². The van der Waals surface area contributed by atoms with Crippen molar-refractivity contribution in [2.75, 3.05) is 19.5 Å². The second-order valence-electron chi connectivity index (χ2n) is 8.55. The Kier molecular flexibility index (Phi) is 5.62. The normalized spacial score (nSPS) is 14.3. The number of H-pyrrole nitrogens is 1. The number of aromatic amines is 1. The van der Waals surface area contributed by atoms with Crippen LogP contribution in [0, 0.1) is 12.8 Å². The zero-order valence-electron chi connectivity index (χ0n) is 19.0. The van der Waals surface area contributed by atoms with E-state index in [0.29, 0.717) is 35.4 Å². The van der Waals surface area contributed by atoms with Gasteiger partial charge >= 0.3 is 0 Å². The van der Waals surface area contributed by atoms with Gasteiger partial charge in [0.05, 0.1) is 34.9 Å². The molecule has 1 aromatic carbocycles. The third-order valence-electron chi connectivity index (χ3n) is 6.23. The van der Waals surface area contributed by atoms with Gasteiger partial charge in [-0.25, -0.2) is 9.97 Å². The van der Waals surface area contributed by atoms with E-state index in [4.69, 9.17) is 20.9 Å². The average Bonchev–Trinajstić information content (AvgIpc) is 3.56. The molecule has 4 aromatic rings. The predicted octanol–water partition coefficient (Wildman–Crippen LogP) is 3.48. The highest BCUT2D eigenvalue weighted by atomic mass is 16.5. The average molecular weight is 459 g/mol. The van der Waals surface area contributed by atoms with E-state index in [1.54, 1.807) is 25.4 Å². The minimum atomic E-state index is -0.711. The van der Waals surface area contributed by atoms with Crippen LogP contribution in [-0.4, -0.2) is 45.9 Å². The molecular formula is C25H26N6O3. The molecule has 3 heterocycles. The molecule has 34 heavy (non-hydrogen) atoms. The number of benzene rings is 1. The zero-order valence-corrected chi connectivity index (χ0v) is 19.0. The summed E-state index contributed by atoms with van der Waals surface area (Å²) < 4.78 is 11.4. The van der Waals surface area contributed by atoms with Crippen LogP contribution in [0.15, 0.2) is 42.6 Å². The molecule has 3 aromatic heterocycles. The lowest BCUT2D eigenvalue weighted by atomic mass is 9.94. The molecule has 5 N–H and O–H groups in total. The Labute approximate surface area is 196 Å². The van der Waals surface area contributed by atoms with Crippen LogP contribution in [0.1, 0.15) is 28.9 Å². The Bertz CT molecular complexity index is 1380. The molecule has 5 rings (SSSR count). The van der Waals surface area contributed by atoms with Crippen LogP contribution >= 0.6 is 0 Å². The van der Waals surface area contributed by atoms with Crippen LogP contribution in [0.4, 0.5) is 5.69 Å². The van der Waals surface area contributed by atoms with Crippen LogP contribution < -0.4 is 16.2 Å². The van der Waals surface area contributed by atoms with E-state index in [2.05, 4.69) is 20.2 Å². The van der Waals surface area contributed by atoms with Crippen molar-refractivity contribution in [2.24, 2.45) is 11.7 Å². The number of amides is 1. The number of pyridine rings is 2. The second kappa shape index (κ2) is 8.75. The Hall–Kier alpha value is -3.98. The third kappa shape index (κ3) is 4.06. The number of nitrogens with two attached hydrogens (primary N) is 2. The molecule has 1 fully saturated rings. The minimum absolute atomic E-state index is 0.00583. The maximum Gasteiger partial charge on any atom is 0.269 e. The van der Waals surface area contributed by atoms with Gasteiger partial charge in [-0.15, -0.1) is 0 Å². The number of aryl methyl sites for hydroxylation is 1. The quantitative estimate of drug-likeness (QED) is 0.367. The number of hydrogen-bond acceptors (Lipinski definition) is 7. The Balaban J connectivity index is 1.58. The number of nitrogens with zero attached hydrogens (tertiary/aromatic N) is 3. The number of anilines is 1. The number of carbonyl (C=O) groups is 1. The maximum atomic E-state index is 12.2. The fourth-order valence-electron chi connectivity index (χ4n) is 4.23. The molecule has 1 amide bonds. The summed E-state index contributed by atoms with van der Waals surface area (Å²) >= 11 is 0. The fourth-order valence-corrected chi connectivity index (χ4v) is 4.23. The van der Waals surface area contributed by atoms with Crippen LogP contribution in [-0.2, 0) is 4.74 Å². The first-order valence-electron chi connectivity index (χ1n) is 11.1. The number of aromatic nitrogens is 4. The van der Waals surface area contributed by atoms with E-state index in [0.717, 1.165) is 34.9 Å². The number of hydrogen-bond donors (Lipinski definition) is 3. The van der Waals surface area contributed by atoms with E-state index < -0.39 is 5.91 Å². The SMILES string of the molecule is COC(COc1cccc(-c2cc(-c3c(C)ccc4[nH]ncc34)c(N)c(C(N)=O)n2)n1)C1CC1.